The standard InChI is InChI=1S/C38H49N7O6S/c1-25(2)45-36(35(39-41-45)38(47)43-16-18-51-19-17-43)31-21-30-22-32(50-6)14-15-33(30)26(3)44(24-31)34-23-29(37(46)40-52(48,49)42(4)5)13-12-28(34)20-27-10-8-7-9-11-27/h12-15,21-23,25,27H,3,7-11,16-20,24H2,1-2,4-6H3,(H,40,46). The highest BCUT2D eigenvalue weighted by Crippen LogP contribution is 2.40. The Morgan fingerprint density at radius 1 is 1.08 bits per heavy atom. The monoisotopic (exact) mass is 731 g/mol. The highest BCUT2D eigenvalue weighted by atomic mass is 32.2. The van der Waals surface area contributed by atoms with Crippen molar-refractivity contribution in [3.05, 3.63) is 76.6 Å². The van der Waals surface area contributed by atoms with Crippen LogP contribution in [0.1, 0.15) is 95.2 Å². The van der Waals surface area contributed by atoms with Crippen molar-refractivity contribution in [2.24, 2.45) is 5.92 Å². The number of amides is 2. The molecule has 0 bridgehead atoms. The van der Waals surface area contributed by atoms with Gasteiger partial charge in [-0.05, 0) is 73.7 Å². The predicted octanol–water partition coefficient (Wildman–Crippen LogP) is 5.03. The number of carbonyl (C=O) groups excluding carboxylic acids is 2. The quantitative estimate of drug-likeness (QED) is 0.304. The third kappa shape index (κ3) is 7.79. The molecule has 2 aliphatic heterocycles. The van der Waals surface area contributed by atoms with Crippen LogP contribution in [0.4, 0.5) is 5.69 Å². The molecular formula is C38H49N7O6S. The molecule has 2 aromatic carbocycles. The van der Waals surface area contributed by atoms with Crippen molar-refractivity contribution >= 4 is 45.1 Å². The summed E-state index contributed by atoms with van der Waals surface area (Å²) in [7, 11) is 0.316. The van der Waals surface area contributed by atoms with Gasteiger partial charge in [0.05, 0.1) is 32.6 Å². The molecule has 0 atom stereocenters. The summed E-state index contributed by atoms with van der Waals surface area (Å²) in [5.74, 6) is 0.179. The molecular weight excluding hydrogens is 683 g/mol. The summed E-state index contributed by atoms with van der Waals surface area (Å²) in [5, 5.41) is 8.96. The number of nitrogens with one attached hydrogen (secondary N) is 1. The Kier molecular flexibility index (Phi) is 11.2. The molecule has 1 aliphatic carbocycles. The molecule has 0 unspecified atom stereocenters. The number of rotatable bonds is 10. The van der Waals surface area contributed by atoms with Gasteiger partial charge in [0.15, 0.2) is 5.69 Å². The van der Waals surface area contributed by atoms with E-state index in [1.165, 1.54) is 33.4 Å². The van der Waals surface area contributed by atoms with Crippen LogP contribution in [0.15, 0.2) is 43.0 Å². The first-order chi connectivity index (χ1) is 24.9. The second-order valence-electron chi connectivity index (χ2n) is 14.2. The zero-order chi connectivity index (χ0) is 37.2. The Balaban J connectivity index is 1.52. The summed E-state index contributed by atoms with van der Waals surface area (Å²) >= 11 is 0. The van der Waals surface area contributed by atoms with Crippen molar-refractivity contribution < 1.29 is 27.5 Å². The number of nitrogens with zero attached hydrogens (tertiary/aromatic N) is 6. The van der Waals surface area contributed by atoms with Gasteiger partial charge >= 0.3 is 10.2 Å². The van der Waals surface area contributed by atoms with Crippen molar-refractivity contribution in [1.82, 2.24) is 28.9 Å². The number of methoxy groups -OCH3 is 1. The van der Waals surface area contributed by atoms with E-state index < -0.39 is 16.1 Å². The van der Waals surface area contributed by atoms with Crippen LogP contribution in [0.3, 0.4) is 0 Å². The Morgan fingerprint density at radius 2 is 1.81 bits per heavy atom. The second kappa shape index (κ2) is 15.6. The molecule has 1 aromatic heterocycles. The maximum atomic E-state index is 14.1. The molecule has 13 nitrogen and oxygen atoms in total. The molecule has 278 valence electrons. The Morgan fingerprint density at radius 3 is 2.48 bits per heavy atom. The fourth-order valence-corrected chi connectivity index (χ4v) is 7.72. The van der Waals surface area contributed by atoms with E-state index in [0.717, 1.165) is 51.5 Å². The zero-order valence-electron chi connectivity index (χ0n) is 30.7. The maximum Gasteiger partial charge on any atom is 0.303 e. The van der Waals surface area contributed by atoms with Crippen LogP contribution in [-0.2, 0) is 21.4 Å². The summed E-state index contributed by atoms with van der Waals surface area (Å²) in [5.41, 5.74) is 5.94. The maximum absolute atomic E-state index is 14.1. The zero-order valence-corrected chi connectivity index (χ0v) is 31.5. The van der Waals surface area contributed by atoms with E-state index in [2.05, 4.69) is 26.5 Å². The molecule has 52 heavy (non-hydrogen) atoms. The van der Waals surface area contributed by atoms with Crippen molar-refractivity contribution in [1.29, 1.82) is 0 Å². The molecule has 3 heterocycles. The molecule has 0 spiro atoms. The number of morpholine rings is 1. The summed E-state index contributed by atoms with van der Waals surface area (Å²) in [6, 6.07) is 11.0. The van der Waals surface area contributed by atoms with Gasteiger partial charge in [-0.15, -0.1) is 5.10 Å². The smallest absolute Gasteiger partial charge is 0.303 e. The van der Waals surface area contributed by atoms with Crippen LogP contribution in [0.25, 0.3) is 17.3 Å². The van der Waals surface area contributed by atoms with Crippen LogP contribution >= 0.6 is 0 Å². The lowest BCUT2D eigenvalue weighted by Gasteiger charge is -2.31. The third-order valence-electron chi connectivity index (χ3n) is 10.1. The highest BCUT2D eigenvalue weighted by Gasteiger charge is 2.33. The number of benzene rings is 2. The minimum absolute atomic E-state index is 0.119. The topological polar surface area (TPSA) is 139 Å². The van der Waals surface area contributed by atoms with Gasteiger partial charge in [0.2, 0.25) is 0 Å². The van der Waals surface area contributed by atoms with Crippen molar-refractivity contribution in [3.8, 4) is 5.75 Å². The Hall–Kier alpha value is -4.53. The van der Waals surface area contributed by atoms with Gasteiger partial charge < -0.3 is 19.3 Å². The highest BCUT2D eigenvalue weighted by molar-refractivity contribution is 7.87. The van der Waals surface area contributed by atoms with Gasteiger partial charge in [0.25, 0.3) is 11.8 Å². The van der Waals surface area contributed by atoms with Gasteiger partial charge in [0, 0.05) is 61.3 Å². The lowest BCUT2D eigenvalue weighted by Crippen LogP contribution is -2.41. The molecule has 3 aromatic rings. The van der Waals surface area contributed by atoms with E-state index in [1.54, 1.807) is 28.8 Å². The van der Waals surface area contributed by atoms with Crippen LogP contribution in [0, 0.1) is 5.92 Å². The van der Waals surface area contributed by atoms with Crippen LogP contribution < -0.4 is 14.4 Å². The van der Waals surface area contributed by atoms with Crippen molar-refractivity contribution in [3.63, 3.8) is 0 Å². The molecule has 1 N–H and O–H groups in total. The van der Waals surface area contributed by atoms with Crippen LogP contribution in [-0.4, -0.2) is 98.5 Å². The van der Waals surface area contributed by atoms with E-state index in [1.807, 2.05) is 44.2 Å². The third-order valence-corrected chi connectivity index (χ3v) is 11.5. The second-order valence-corrected chi connectivity index (χ2v) is 16.0. The van der Waals surface area contributed by atoms with E-state index in [4.69, 9.17) is 9.47 Å². The first-order valence-electron chi connectivity index (χ1n) is 17.9. The summed E-state index contributed by atoms with van der Waals surface area (Å²) in [6.45, 7) is 10.7. The number of anilines is 1. The molecule has 1 saturated heterocycles. The molecule has 3 aliphatic rings. The Bertz CT molecular complexity index is 1970. The molecule has 1 saturated carbocycles. The summed E-state index contributed by atoms with van der Waals surface area (Å²) < 4.78 is 41.4. The molecule has 6 rings (SSSR count). The first-order valence-corrected chi connectivity index (χ1v) is 19.4. The normalized spacial score (nSPS) is 17.2. The fourth-order valence-electron chi connectivity index (χ4n) is 7.18. The number of hydrogen-bond donors (Lipinski definition) is 1. The van der Waals surface area contributed by atoms with Gasteiger partial charge in [-0.3, -0.25) is 9.59 Å². The van der Waals surface area contributed by atoms with E-state index in [0.29, 0.717) is 49.4 Å². The summed E-state index contributed by atoms with van der Waals surface area (Å²) in [6.07, 6.45) is 8.63. The fraction of sp³-hybridized carbons (Fsp3) is 0.474. The van der Waals surface area contributed by atoms with Crippen LogP contribution in [0.5, 0.6) is 5.75 Å². The van der Waals surface area contributed by atoms with Crippen LogP contribution in [0.2, 0.25) is 0 Å². The minimum Gasteiger partial charge on any atom is -0.497 e. The van der Waals surface area contributed by atoms with Gasteiger partial charge in [0.1, 0.15) is 5.75 Å². The average molecular weight is 732 g/mol. The lowest BCUT2D eigenvalue weighted by molar-refractivity contribution is 0.0298. The summed E-state index contributed by atoms with van der Waals surface area (Å²) in [4.78, 5) is 31.4. The minimum atomic E-state index is -4.03. The average Bonchev–Trinajstić information content (AvgIpc) is 3.53. The van der Waals surface area contributed by atoms with E-state index in [-0.39, 0.29) is 29.8 Å². The first kappa shape index (κ1) is 37.2. The predicted molar refractivity (Wildman–Crippen MR) is 201 cm³/mol. The molecule has 0 radical (unpaired) electrons. The Labute approximate surface area is 306 Å². The number of carbonyl (C=O) groups is 2. The molecule has 14 heteroatoms. The number of aromatic nitrogens is 3. The van der Waals surface area contributed by atoms with Gasteiger partial charge in [-0.25, -0.2) is 9.40 Å². The number of ether oxygens (including phenoxy) is 2. The van der Waals surface area contributed by atoms with E-state index in [9.17, 15) is 18.0 Å². The number of fused-ring (bicyclic) bond motifs is 1. The van der Waals surface area contributed by atoms with Crippen molar-refractivity contribution in [2.75, 3.05) is 59.0 Å². The molecule has 2 fully saturated rings. The SMILES string of the molecule is C=C1c2ccc(OC)cc2C=C(c2c(C(=O)N3CCOCC3)nnn2C(C)C)CN1c1cc(C(=O)NS(=O)(=O)N(C)C)ccc1CC1CCCCC1. The van der Waals surface area contributed by atoms with Gasteiger partial charge in [-0.1, -0.05) is 50.0 Å². The van der Waals surface area contributed by atoms with Gasteiger partial charge in [-0.2, -0.15) is 12.7 Å². The largest absolute Gasteiger partial charge is 0.497 e. The van der Waals surface area contributed by atoms with E-state index >= 15 is 0 Å². The lowest BCUT2D eigenvalue weighted by atomic mass is 9.84. The molecule has 2 amide bonds. The number of hydrogen-bond acceptors (Lipinski definition) is 9. The van der Waals surface area contributed by atoms with Crippen molar-refractivity contribution in [2.45, 2.75) is 58.4 Å².